The van der Waals surface area contributed by atoms with E-state index in [0.29, 0.717) is 22.3 Å². The second-order valence-corrected chi connectivity index (χ2v) is 5.86. The number of rotatable bonds is 5. The van der Waals surface area contributed by atoms with Gasteiger partial charge in [-0.25, -0.2) is 14.1 Å². The van der Waals surface area contributed by atoms with E-state index in [4.69, 9.17) is 22.1 Å². The van der Waals surface area contributed by atoms with Gasteiger partial charge in [-0.1, -0.05) is 17.7 Å². The summed E-state index contributed by atoms with van der Waals surface area (Å²) in [6, 6.07) is 11.8. The van der Waals surface area contributed by atoms with Crippen LogP contribution in [0.5, 0.6) is 5.75 Å². The van der Waals surface area contributed by atoms with E-state index in [1.54, 1.807) is 36.7 Å². The average Bonchev–Trinajstić information content (AvgIpc) is 2.91. The minimum Gasteiger partial charge on any atom is -0.489 e. The highest BCUT2D eigenvalue weighted by Crippen LogP contribution is 2.18. The minimum atomic E-state index is -0.385. The van der Waals surface area contributed by atoms with E-state index in [9.17, 15) is 4.39 Å². The number of anilines is 1. The normalized spacial score (nSPS) is 11.2. The van der Waals surface area contributed by atoms with Gasteiger partial charge in [0.2, 0.25) is 5.95 Å². The zero-order valence-electron chi connectivity index (χ0n) is 13.5. The highest BCUT2D eigenvalue weighted by molar-refractivity contribution is 6.30. The SMILES string of the molecule is Cc1cn(N=Cc2ccc(OCc3ccc(Cl)cc3F)cc2)c(N)n1. The second kappa shape index (κ2) is 7.36. The van der Waals surface area contributed by atoms with Gasteiger partial charge in [0.25, 0.3) is 0 Å². The van der Waals surface area contributed by atoms with E-state index < -0.39 is 0 Å². The van der Waals surface area contributed by atoms with Crippen molar-refractivity contribution in [3.8, 4) is 5.75 Å². The first-order valence-corrected chi connectivity index (χ1v) is 7.91. The maximum absolute atomic E-state index is 13.7. The largest absolute Gasteiger partial charge is 0.489 e. The Balaban J connectivity index is 1.63. The first kappa shape index (κ1) is 17.0. The van der Waals surface area contributed by atoms with E-state index in [1.807, 2.05) is 19.1 Å². The summed E-state index contributed by atoms with van der Waals surface area (Å²) in [4.78, 5) is 4.07. The lowest BCUT2D eigenvalue weighted by molar-refractivity contribution is 0.300. The van der Waals surface area contributed by atoms with Crippen molar-refractivity contribution in [2.45, 2.75) is 13.5 Å². The molecule has 0 atom stereocenters. The maximum Gasteiger partial charge on any atom is 0.221 e. The van der Waals surface area contributed by atoms with Crippen molar-refractivity contribution in [2.75, 3.05) is 5.73 Å². The number of halogens is 2. The molecule has 0 radical (unpaired) electrons. The Morgan fingerprint density at radius 1 is 1.28 bits per heavy atom. The third kappa shape index (κ3) is 4.36. The topological polar surface area (TPSA) is 65.4 Å². The molecule has 0 amide bonds. The lowest BCUT2D eigenvalue weighted by Gasteiger charge is -2.07. The summed E-state index contributed by atoms with van der Waals surface area (Å²) in [5.41, 5.74) is 7.84. The number of nitrogens with two attached hydrogens (primary N) is 1. The summed E-state index contributed by atoms with van der Waals surface area (Å²) in [6.45, 7) is 1.97. The Labute approximate surface area is 149 Å². The minimum absolute atomic E-state index is 0.126. The third-order valence-electron chi connectivity index (χ3n) is 3.46. The predicted octanol–water partition coefficient (Wildman–Crippen LogP) is 4.03. The van der Waals surface area contributed by atoms with Crippen molar-refractivity contribution >= 4 is 23.8 Å². The fourth-order valence-electron chi connectivity index (χ4n) is 2.18. The van der Waals surface area contributed by atoms with Gasteiger partial charge in [-0.3, -0.25) is 0 Å². The van der Waals surface area contributed by atoms with E-state index in [2.05, 4.69) is 10.1 Å². The highest BCUT2D eigenvalue weighted by atomic mass is 35.5. The molecule has 25 heavy (non-hydrogen) atoms. The van der Waals surface area contributed by atoms with Crippen molar-refractivity contribution in [3.05, 3.63) is 76.3 Å². The molecule has 3 aromatic rings. The maximum atomic E-state index is 13.7. The third-order valence-corrected chi connectivity index (χ3v) is 3.69. The Morgan fingerprint density at radius 3 is 2.68 bits per heavy atom. The molecule has 5 nitrogen and oxygen atoms in total. The molecule has 0 aliphatic carbocycles. The molecule has 2 N–H and O–H groups in total. The summed E-state index contributed by atoms with van der Waals surface area (Å²) in [5, 5.41) is 4.60. The van der Waals surface area contributed by atoms with Crippen molar-refractivity contribution < 1.29 is 9.13 Å². The lowest BCUT2D eigenvalue weighted by Crippen LogP contribution is -1.99. The van der Waals surface area contributed by atoms with E-state index in [-0.39, 0.29) is 12.4 Å². The highest BCUT2D eigenvalue weighted by Gasteiger charge is 2.04. The molecule has 0 aliphatic rings. The quantitative estimate of drug-likeness (QED) is 0.700. The number of benzene rings is 2. The molecule has 128 valence electrons. The predicted molar refractivity (Wildman–Crippen MR) is 96.6 cm³/mol. The molecule has 3 rings (SSSR count). The molecule has 0 spiro atoms. The molecule has 0 unspecified atom stereocenters. The number of nitrogens with zero attached hydrogens (tertiary/aromatic N) is 3. The van der Waals surface area contributed by atoms with Gasteiger partial charge < -0.3 is 10.5 Å². The van der Waals surface area contributed by atoms with Crippen molar-refractivity contribution in [3.63, 3.8) is 0 Å². The monoisotopic (exact) mass is 358 g/mol. The van der Waals surface area contributed by atoms with Crippen LogP contribution in [0, 0.1) is 12.7 Å². The fourth-order valence-corrected chi connectivity index (χ4v) is 2.33. The van der Waals surface area contributed by atoms with Gasteiger partial charge in [0, 0.05) is 10.6 Å². The van der Waals surface area contributed by atoms with Crippen LogP contribution in [0.25, 0.3) is 0 Å². The number of aryl methyl sites for hydroxylation is 1. The number of hydrogen-bond donors (Lipinski definition) is 1. The number of hydrogen-bond acceptors (Lipinski definition) is 4. The fraction of sp³-hybridized carbons (Fsp3) is 0.111. The number of imidazole rings is 1. The first-order chi connectivity index (χ1) is 12.0. The molecular formula is C18H16ClFN4O. The first-order valence-electron chi connectivity index (χ1n) is 7.54. The van der Waals surface area contributed by atoms with Gasteiger partial charge >= 0.3 is 0 Å². The van der Waals surface area contributed by atoms with Crippen LogP contribution in [0.2, 0.25) is 5.02 Å². The van der Waals surface area contributed by atoms with Crippen molar-refractivity contribution in [1.29, 1.82) is 0 Å². The standard InChI is InChI=1S/C18H16ClFN4O/c1-12-10-24(18(21)23-12)22-9-13-2-6-16(7-3-13)25-11-14-4-5-15(19)8-17(14)20/h2-10H,11H2,1H3,(H2,21,23). The van der Waals surface area contributed by atoms with Crippen LogP contribution in [0.15, 0.2) is 53.8 Å². The molecule has 0 bridgehead atoms. The van der Waals surface area contributed by atoms with Crippen LogP contribution in [-0.2, 0) is 6.61 Å². The van der Waals surface area contributed by atoms with Gasteiger partial charge in [0.15, 0.2) is 0 Å². The van der Waals surface area contributed by atoms with Crippen LogP contribution in [-0.4, -0.2) is 15.9 Å². The van der Waals surface area contributed by atoms with Crippen LogP contribution in [0.4, 0.5) is 10.3 Å². The van der Waals surface area contributed by atoms with Crippen LogP contribution in [0.3, 0.4) is 0 Å². The van der Waals surface area contributed by atoms with Gasteiger partial charge in [-0.15, -0.1) is 0 Å². The van der Waals surface area contributed by atoms with Crippen molar-refractivity contribution in [2.24, 2.45) is 5.10 Å². The zero-order chi connectivity index (χ0) is 17.8. The summed E-state index contributed by atoms with van der Waals surface area (Å²) in [5.74, 6) is 0.577. The van der Waals surface area contributed by atoms with Crippen molar-refractivity contribution in [1.82, 2.24) is 9.66 Å². The molecule has 0 saturated carbocycles. The Morgan fingerprint density at radius 2 is 2.04 bits per heavy atom. The van der Waals surface area contributed by atoms with Crippen LogP contribution in [0.1, 0.15) is 16.8 Å². The Bertz CT molecular complexity index is 906. The van der Waals surface area contributed by atoms with Gasteiger partial charge in [0.05, 0.1) is 18.1 Å². The van der Waals surface area contributed by atoms with E-state index >= 15 is 0 Å². The Hall–Kier alpha value is -2.86. The smallest absolute Gasteiger partial charge is 0.221 e. The van der Waals surface area contributed by atoms with Crippen LogP contribution < -0.4 is 10.5 Å². The number of nitrogen functional groups attached to an aromatic ring is 1. The average molecular weight is 359 g/mol. The molecule has 0 fully saturated rings. The van der Waals surface area contributed by atoms with Gasteiger partial charge in [0.1, 0.15) is 18.2 Å². The molecule has 0 saturated heterocycles. The molecule has 1 heterocycles. The molecular weight excluding hydrogens is 343 g/mol. The van der Waals surface area contributed by atoms with E-state index in [1.165, 1.54) is 10.7 Å². The summed E-state index contributed by atoms with van der Waals surface area (Å²) < 4.78 is 20.8. The molecule has 2 aromatic carbocycles. The zero-order valence-corrected chi connectivity index (χ0v) is 14.2. The lowest BCUT2D eigenvalue weighted by atomic mass is 10.2. The summed E-state index contributed by atoms with van der Waals surface area (Å²) >= 11 is 5.73. The van der Waals surface area contributed by atoms with Gasteiger partial charge in [-0.2, -0.15) is 5.10 Å². The number of aromatic nitrogens is 2. The second-order valence-electron chi connectivity index (χ2n) is 5.42. The van der Waals surface area contributed by atoms with Crippen LogP contribution >= 0.6 is 11.6 Å². The molecule has 7 heteroatoms. The Kier molecular flexibility index (Phi) is 5.00. The van der Waals surface area contributed by atoms with E-state index in [0.717, 1.165) is 11.3 Å². The van der Waals surface area contributed by atoms with Gasteiger partial charge in [-0.05, 0) is 48.9 Å². The molecule has 1 aromatic heterocycles. The number of ether oxygens (including phenoxy) is 1. The molecule has 0 aliphatic heterocycles. The summed E-state index contributed by atoms with van der Waals surface area (Å²) in [6.07, 6.45) is 3.41. The summed E-state index contributed by atoms with van der Waals surface area (Å²) in [7, 11) is 0.